The standard InChI is InChI=1S/C26H25ClN6O3S/c27-22-7-1-2-8-24(22)37(34,35)33-18-9-11-20(12-10-18)36-25-21(6-4-15-29-25)23-13-16-30-26(32-23)31-19-5-3-14-28-17-19/h1-2,4,6-13,15-16,19,28,33H,3,5,14,17H2,(H,30,31,32)/t19-/m0/s1. The number of aromatic nitrogens is 3. The Kier molecular flexibility index (Phi) is 7.50. The molecule has 9 nitrogen and oxygen atoms in total. The van der Waals surface area contributed by atoms with Gasteiger partial charge in [0.2, 0.25) is 11.8 Å². The molecule has 1 atom stereocenters. The maximum Gasteiger partial charge on any atom is 0.263 e. The molecular weight excluding hydrogens is 512 g/mol. The lowest BCUT2D eigenvalue weighted by molar-refractivity contribution is 0.465. The van der Waals surface area contributed by atoms with Crippen molar-refractivity contribution in [2.24, 2.45) is 0 Å². The number of halogens is 1. The van der Waals surface area contributed by atoms with E-state index in [0.29, 0.717) is 34.5 Å². The second-order valence-electron chi connectivity index (χ2n) is 8.47. The first-order valence-electron chi connectivity index (χ1n) is 11.8. The summed E-state index contributed by atoms with van der Waals surface area (Å²) in [5.74, 6) is 1.41. The van der Waals surface area contributed by atoms with E-state index in [1.54, 1.807) is 54.9 Å². The highest BCUT2D eigenvalue weighted by Crippen LogP contribution is 2.31. The number of nitrogens with one attached hydrogen (secondary N) is 3. The molecule has 37 heavy (non-hydrogen) atoms. The molecule has 1 aliphatic heterocycles. The average Bonchev–Trinajstić information content (AvgIpc) is 2.91. The third kappa shape index (κ3) is 6.16. The number of piperidine rings is 1. The van der Waals surface area contributed by atoms with E-state index in [2.05, 4.69) is 30.3 Å². The van der Waals surface area contributed by atoms with Crippen molar-refractivity contribution in [1.29, 1.82) is 0 Å². The van der Waals surface area contributed by atoms with Crippen molar-refractivity contribution in [3.63, 3.8) is 0 Å². The molecule has 1 fully saturated rings. The van der Waals surface area contributed by atoms with Crippen LogP contribution in [0.5, 0.6) is 11.6 Å². The van der Waals surface area contributed by atoms with Crippen LogP contribution in [0.1, 0.15) is 12.8 Å². The molecule has 0 unspecified atom stereocenters. The van der Waals surface area contributed by atoms with Gasteiger partial charge in [0.15, 0.2) is 0 Å². The zero-order chi connectivity index (χ0) is 25.7. The highest BCUT2D eigenvalue weighted by molar-refractivity contribution is 7.92. The lowest BCUT2D eigenvalue weighted by Crippen LogP contribution is -2.38. The highest BCUT2D eigenvalue weighted by Gasteiger charge is 2.18. The van der Waals surface area contributed by atoms with Gasteiger partial charge in [0.25, 0.3) is 10.0 Å². The highest BCUT2D eigenvalue weighted by atomic mass is 35.5. The maximum absolute atomic E-state index is 12.7. The second-order valence-corrected chi connectivity index (χ2v) is 10.5. The molecule has 3 N–H and O–H groups in total. The van der Waals surface area contributed by atoms with E-state index in [9.17, 15) is 8.42 Å². The third-order valence-corrected chi connectivity index (χ3v) is 7.66. The summed E-state index contributed by atoms with van der Waals surface area (Å²) < 4.78 is 34.0. The van der Waals surface area contributed by atoms with Crippen LogP contribution in [0.2, 0.25) is 5.02 Å². The lowest BCUT2D eigenvalue weighted by Gasteiger charge is -2.23. The molecule has 0 amide bonds. The second kappa shape index (κ2) is 11.1. The van der Waals surface area contributed by atoms with Crippen LogP contribution in [-0.2, 0) is 10.0 Å². The van der Waals surface area contributed by atoms with Crippen molar-refractivity contribution in [2.75, 3.05) is 23.1 Å². The molecule has 0 spiro atoms. The Balaban J connectivity index is 1.31. The smallest absolute Gasteiger partial charge is 0.263 e. The van der Waals surface area contributed by atoms with Crippen molar-refractivity contribution < 1.29 is 13.2 Å². The number of anilines is 2. The Labute approximate surface area is 220 Å². The summed E-state index contributed by atoms with van der Waals surface area (Å²) in [5.41, 5.74) is 1.75. The summed E-state index contributed by atoms with van der Waals surface area (Å²) in [4.78, 5) is 13.4. The summed E-state index contributed by atoms with van der Waals surface area (Å²) in [5, 5.41) is 6.91. The molecule has 5 rings (SSSR count). The monoisotopic (exact) mass is 536 g/mol. The van der Waals surface area contributed by atoms with Gasteiger partial charge in [-0.2, -0.15) is 0 Å². The Bertz CT molecular complexity index is 1480. The van der Waals surface area contributed by atoms with Crippen molar-refractivity contribution in [1.82, 2.24) is 20.3 Å². The van der Waals surface area contributed by atoms with Gasteiger partial charge in [-0.05, 0) is 74.0 Å². The summed E-state index contributed by atoms with van der Waals surface area (Å²) in [7, 11) is -3.83. The first-order chi connectivity index (χ1) is 18.0. The number of pyridine rings is 1. The van der Waals surface area contributed by atoms with E-state index in [1.807, 2.05) is 12.1 Å². The van der Waals surface area contributed by atoms with Crippen LogP contribution in [-0.4, -0.2) is 42.5 Å². The maximum atomic E-state index is 12.7. The fourth-order valence-electron chi connectivity index (χ4n) is 3.98. The number of benzene rings is 2. The van der Waals surface area contributed by atoms with Crippen LogP contribution >= 0.6 is 11.6 Å². The quantitative estimate of drug-likeness (QED) is 0.289. The van der Waals surface area contributed by atoms with Crippen molar-refractivity contribution in [2.45, 2.75) is 23.8 Å². The van der Waals surface area contributed by atoms with Gasteiger partial charge < -0.3 is 15.4 Å². The van der Waals surface area contributed by atoms with Crippen LogP contribution in [0.25, 0.3) is 11.3 Å². The van der Waals surface area contributed by atoms with E-state index >= 15 is 0 Å². The fraction of sp³-hybridized carbons (Fsp3) is 0.192. The SMILES string of the molecule is O=S(=O)(Nc1ccc(Oc2ncccc2-c2ccnc(N[C@H]3CCCNC3)n2)cc1)c1ccccc1Cl. The number of hydrogen-bond acceptors (Lipinski definition) is 8. The van der Waals surface area contributed by atoms with Gasteiger partial charge in [-0.3, -0.25) is 4.72 Å². The Morgan fingerprint density at radius 1 is 0.973 bits per heavy atom. The largest absolute Gasteiger partial charge is 0.438 e. The van der Waals surface area contributed by atoms with Gasteiger partial charge in [0.05, 0.1) is 16.3 Å². The van der Waals surface area contributed by atoms with Crippen LogP contribution in [0.3, 0.4) is 0 Å². The Hall–Kier alpha value is -3.73. The average molecular weight is 537 g/mol. The number of hydrogen-bond donors (Lipinski definition) is 3. The number of sulfonamides is 1. The van der Waals surface area contributed by atoms with E-state index in [1.165, 1.54) is 12.1 Å². The fourth-order valence-corrected chi connectivity index (χ4v) is 5.56. The Morgan fingerprint density at radius 3 is 2.59 bits per heavy atom. The summed E-state index contributed by atoms with van der Waals surface area (Å²) in [6.45, 7) is 1.91. The van der Waals surface area contributed by atoms with Crippen LogP contribution in [0.4, 0.5) is 11.6 Å². The predicted octanol–water partition coefficient (Wildman–Crippen LogP) is 4.95. The molecule has 11 heteroatoms. The first kappa shape index (κ1) is 24.9. The molecular formula is C26H25ClN6O3S. The molecule has 4 aromatic rings. The molecule has 2 aromatic carbocycles. The predicted molar refractivity (Wildman–Crippen MR) is 144 cm³/mol. The minimum absolute atomic E-state index is 0.00794. The molecule has 0 aliphatic carbocycles. The summed E-state index contributed by atoms with van der Waals surface area (Å²) in [6, 6.07) is 18.6. The van der Waals surface area contributed by atoms with Gasteiger partial charge in [0, 0.05) is 30.7 Å². The zero-order valence-electron chi connectivity index (χ0n) is 19.8. The minimum Gasteiger partial charge on any atom is -0.438 e. The molecule has 1 aliphatic rings. The van der Waals surface area contributed by atoms with Gasteiger partial charge in [0.1, 0.15) is 10.6 Å². The molecule has 3 heterocycles. The molecule has 0 saturated carbocycles. The van der Waals surface area contributed by atoms with E-state index in [0.717, 1.165) is 25.9 Å². The minimum atomic E-state index is -3.83. The van der Waals surface area contributed by atoms with Crippen LogP contribution < -0.4 is 20.1 Å². The van der Waals surface area contributed by atoms with Crippen molar-refractivity contribution in [3.8, 4) is 22.9 Å². The topological polar surface area (TPSA) is 118 Å². The van der Waals surface area contributed by atoms with E-state index < -0.39 is 10.0 Å². The number of rotatable bonds is 8. The van der Waals surface area contributed by atoms with Crippen LogP contribution in [0.15, 0.2) is 84.0 Å². The Morgan fingerprint density at radius 2 is 1.81 bits per heavy atom. The molecule has 2 aromatic heterocycles. The van der Waals surface area contributed by atoms with Gasteiger partial charge >= 0.3 is 0 Å². The third-order valence-electron chi connectivity index (χ3n) is 5.78. The van der Waals surface area contributed by atoms with Gasteiger partial charge in [-0.15, -0.1) is 0 Å². The molecule has 0 radical (unpaired) electrons. The number of nitrogens with zero attached hydrogens (tertiary/aromatic N) is 3. The molecule has 190 valence electrons. The van der Waals surface area contributed by atoms with Crippen LogP contribution in [0, 0.1) is 0 Å². The lowest BCUT2D eigenvalue weighted by atomic mass is 10.1. The van der Waals surface area contributed by atoms with Crippen molar-refractivity contribution >= 4 is 33.3 Å². The first-order valence-corrected chi connectivity index (χ1v) is 13.6. The number of ether oxygens (including phenoxy) is 1. The van der Waals surface area contributed by atoms with E-state index in [-0.39, 0.29) is 16.0 Å². The zero-order valence-corrected chi connectivity index (χ0v) is 21.3. The summed E-state index contributed by atoms with van der Waals surface area (Å²) >= 11 is 6.05. The van der Waals surface area contributed by atoms with Gasteiger partial charge in [-0.1, -0.05) is 23.7 Å². The van der Waals surface area contributed by atoms with Crippen molar-refractivity contribution in [3.05, 3.63) is 84.1 Å². The molecule has 1 saturated heterocycles. The normalized spacial score (nSPS) is 15.6. The summed E-state index contributed by atoms with van der Waals surface area (Å²) in [6.07, 6.45) is 5.52. The van der Waals surface area contributed by atoms with Gasteiger partial charge in [-0.25, -0.2) is 23.4 Å². The van der Waals surface area contributed by atoms with E-state index in [4.69, 9.17) is 16.3 Å². The molecule has 0 bridgehead atoms.